The van der Waals surface area contributed by atoms with E-state index in [4.69, 9.17) is 5.73 Å². The maximum atomic E-state index is 13.9. The molecule has 0 fully saturated rings. The van der Waals surface area contributed by atoms with Crippen molar-refractivity contribution in [2.24, 2.45) is 17.6 Å². The van der Waals surface area contributed by atoms with Crippen LogP contribution in [0.3, 0.4) is 0 Å². The van der Waals surface area contributed by atoms with Crippen LogP contribution in [0.15, 0.2) is 60.9 Å². The molecule has 11 nitrogen and oxygen atoms in total. The molecule has 45 heavy (non-hydrogen) atoms. The molecule has 5 atom stereocenters. The van der Waals surface area contributed by atoms with Crippen LogP contribution in [-0.2, 0) is 32.0 Å². The van der Waals surface area contributed by atoms with Crippen LogP contribution in [0.5, 0.6) is 0 Å². The number of benzene rings is 2. The van der Waals surface area contributed by atoms with Gasteiger partial charge in [0.2, 0.25) is 17.7 Å². The summed E-state index contributed by atoms with van der Waals surface area (Å²) in [7, 11) is 0. The Balaban J connectivity index is 1.56. The van der Waals surface area contributed by atoms with Crippen LogP contribution in [0, 0.1) is 11.8 Å². The van der Waals surface area contributed by atoms with E-state index in [0.717, 1.165) is 32.9 Å². The van der Waals surface area contributed by atoms with Crippen molar-refractivity contribution in [3.63, 3.8) is 0 Å². The van der Waals surface area contributed by atoms with Crippen molar-refractivity contribution in [3.8, 4) is 0 Å². The number of H-pyrrole nitrogens is 2. The number of hydrogen-bond acceptors (Lipinski definition) is 5. The third kappa shape index (κ3) is 8.30. The summed E-state index contributed by atoms with van der Waals surface area (Å²) in [6.07, 6.45) is 4.81. The molecule has 11 heteroatoms. The second-order valence-corrected chi connectivity index (χ2v) is 12.2. The van der Waals surface area contributed by atoms with Crippen molar-refractivity contribution in [1.29, 1.82) is 0 Å². The van der Waals surface area contributed by atoms with Gasteiger partial charge >= 0.3 is 5.97 Å². The summed E-state index contributed by atoms with van der Waals surface area (Å²) < 4.78 is 0. The number of carbonyl (C=O) groups is 4. The Bertz CT molecular complexity index is 1640. The Kier molecular flexibility index (Phi) is 11.0. The van der Waals surface area contributed by atoms with Gasteiger partial charge in [-0.05, 0) is 47.9 Å². The van der Waals surface area contributed by atoms with E-state index >= 15 is 0 Å². The lowest BCUT2D eigenvalue weighted by atomic mass is 9.96. The average Bonchev–Trinajstić information content (AvgIpc) is 3.62. The quantitative estimate of drug-likeness (QED) is 0.107. The van der Waals surface area contributed by atoms with Gasteiger partial charge in [0.05, 0.1) is 6.04 Å². The third-order valence-electron chi connectivity index (χ3n) is 8.30. The summed E-state index contributed by atoms with van der Waals surface area (Å²) in [5, 5.41) is 19.8. The highest BCUT2D eigenvalue weighted by molar-refractivity contribution is 5.95. The second kappa shape index (κ2) is 14.9. The van der Waals surface area contributed by atoms with Crippen molar-refractivity contribution in [3.05, 3.63) is 72.1 Å². The number of para-hydroxylation sites is 2. The number of aromatic amines is 2. The van der Waals surface area contributed by atoms with E-state index in [-0.39, 0.29) is 31.1 Å². The van der Waals surface area contributed by atoms with Gasteiger partial charge in [-0.2, -0.15) is 0 Å². The molecule has 2 aromatic carbocycles. The van der Waals surface area contributed by atoms with Gasteiger partial charge in [-0.3, -0.25) is 14.4 Å². The van der Waals surface area contributed by atoms with E-state index in [1.54, 1.807) is 6.20 Å². The van der Waals surface area contributed by atoms with Gasteiger partial charge in [0.15, 0.2) is 0 Å². The van der Waals surface area contributed by atoms with Crippen molar-refractivity contribution < 1.29 is 24.3 Å². The number of carboxylic acid groups (broad SMARTS) is 1. The molecule has 0 aliphatic heterocycles. The SMILES string of the molecule is CCC(C)C(NC(=O)C(Cc1c[nH]c2ccccc12)NC(=O)C(N)Cc1c[nH]c2ccccc12)C(=O)NC(CC(C)C)C(=O)O. The minimum absolute atomic E-state index is 0.0345. The molecule has 240 valence electrons. The molecule has 0 aliphatic rings. The van der Waals surface area contributed by atoms with Gasteiger partial charge in [0.1, 0.15) is 18.1 Å². The molecule has 0 saturated heterocycles. The van der Waals surface area contributed by atoms with Crippen LogP contribution in [0.2, 0.25) is 0 Å². The summed E-state index contributed by atoms with van der Waals surface area (Å²) >= 11 is 0. The van der Waals surface area contributed by atoms with Crippen molar-refractivity contribution in [2.75, 3.05) is 0 Å². The van der Waals surface area contributed by atoms with Gasteiger partial charge in [0, 0.05) is 40.6 Å². The van der Waals surface area contributed by atoms with E-state index in [0.29, 0.717) is 6.42 Å². The molecular formula is C34H44N6O5. The van der Waals surface area contributed by atoms with E-state index in [9.17, 15) is 24.3 Å². The van der Waals surface area contributed by atoms with Gasteiger partial charge < -0.3 is 36.8 Å². The number of rotatable bonds is 15. The number of aliphatic carboxylic acids is 1. The molecule has 0 spiro atoms. The zero-order valence-electron chi connectivity index (χ0n) is 26.2. The molecule has 4 rings (SSSR count). The topological polar surface area (TPSA) is 182 Å². The van der Waals surface area contributed by atoms with Gasteiger partial charge in [-0.15, -0.1) is 0 Å². The summed E-state index contributed by atoms with van der Waals surface area (Å²) in [5.74, 6) is -3.07. The van der Waals surface area contributed by atoms with Crippen molar-refractivity contribution in [2.45, 2.75) is 77.5 Å². The Morgan fingerprint density at radius 1 is 0.756 bits per heavy atom. The first-order chi connectivity index (χ1) is 21.5. The van der Waals surface area contributed by atoms with Crippen LogP contribution in [0.25, 0.3) is 21.8 Å². The van der Waals surface area contributed by atoms with Gasteiger partial charge in [0.25, 0.3) is 0 Å². The lowest BCUT2D eigenvalue weighted by molar-refractivity contribution is -0.143. The summed E-state index contributed by atoms with van der Waals surface area (Å²) in [6.45, 7) is 7.44. The maximum Gasteiger partial charge on any atom is 0.326 e. The van der Waals surface area contributed by atoms with Crippen molar-refractivity contribution in [1.82, 2.24) is 25.9 Å². The lowest BCUT2D eigenvalue weighted by Gasteiger charge is -2.28. The largest absolute Gasteiger partial charge is 0.480 e. The number of nitrogens with two attached hydrogens (primary N) is 1. The zero-order valence-corrected chi connectivity index (χ0v) is 26.2. The molecule has 2 heterocycles. The number of fused-ring (bicyclic) bond motifs is 2. The monoisotopic (exact) mass is 616 g/mol. The predicted molar refractivity (Wildman–Crippen MR) is 174 cm³/mol. The first-order valence-corrected chi connectivity index (χ1v) is 15.5. The van der Waals surface area contributed by atoms with E-state index in [1.807, 2.05) is 82.4 Å². The highest BCUT2D eigenvalue weighted by atomic mass is 16.4. The number of carbonyl (C=O) groups excluding carboxylic acids is 3. The van der Waals surface area contributed by atoms with Crippen LogP contribution >= 0.6 is 0 Å². The fourth-order valence-corrected chi connectivity index (χ4v) is 5.55. The van der Waals surface area contributed by atoms with E-state index < -0.39 is 47.9 Å². The zero-order chi connectivity index (χ0) is 32.7. The fraction of sp³-hybridized carbons (Fsp3) is 0.412. The smallest absolute Gasteiger partial charge is 0.326 e. The molecule has 0 radical (unpaired) electrons. The molecule has 0 aliphatic carbocycles. The summed E-state index contributed by atoms with van der Waals surface area (Å²) in [6, 6.07) is 11.3. The van der Waals surface area contributed by atoms with Crippen LogP contribution < -0.4 is 21.7 Å². The Labute approximate surface area is 262 Å². The van der Waals surface area contributed by atoms with Gasteiger partial charge in [-0.1, -0.05) is 70.5 Å². The Morgan fingerprint density at radius 3 is 1.82 bits per heavy atom. The number of nitrogens with one attached hydrogen (secondary N) is 5. The highest BCUT2D eigenvalue weighted by Gasteiger charge is 2.33. The van der Waals surface area contributed by atoms with Crippen LogP contribution in [-0.4, -0.2) is 62.9 Å². The first kappa shape index (κ1) is 33.3. The molecule has 0 bridgehead atoms. The maximum absolute atomic E-state index is 13.9. The van der Waals surface area contributed by atoms with E-state index in [1.165, 1.54) is 0 Å². The Hall–Kier alpha value is -4.64. The third-order valence-corrected chi connectivity index (χ3v) is 8.30. The predicted octanol–water partition coefficient (Wildman–Crippen LogP) is 3.39. The minimum atomic E-state index is -1.14. The average molecular weight is 617 g/mol. The van der Waals surface area contributed by atoms with Crippen LogP contribution in [0.1, 0.15) is 51.7 Å². The van der Waals surface area contributed by atoms with E-state index in [2.05, 4.69) is 25.9 Å². The summed E-state index contributed by atoms with van der Waals surface area (Å²) in [5.41, 5.74) is 9.88. The highest BCUT2D eigenvalue weighted by Crippen LogP contribution is 2.21. The summed E-state index contributed by atoms with van der Waals surface area (Å²) in [4.78, 5) is 59.0. The lowest BCUT2D eigenvalue weighted by Crippen LogP contribution is -2.59. The Morgan fingerprint density at radius 2 is 1.29 bits per heavy atom. The number of aromatic nitrogens is 2. The normalized spacial score (nSPS) is 14.9. The second-order valence-electron chi connectivity index (χ2n) is 12.2. The molecule has 5 unspecified atom stereocenters. The molecule has 4 aromatic rings. The fourth-order valence-electron chi connectivity index (χ4n) is 5.55. The molecule has 0 saturated carbocycles. The molecule has 3 amide bonds. The number of hydrogen-bond donors (Lipinski definition) is 7. The van der Waals surface area contributed by atoms with Gasteiger partial charge in [-0.25, -0.2) is 4.79 Å². The first-order valence-electron chi connectivity index (χ1n) is 15.5. The number of carboxylic acids is 1. The van der Waals surface area contributed by atoms with Crippen LogP contribution in [0.4, 0.5) is 0 Å². The minimum Gasteiger partial charge on any atom is -0.480 e. The molecular weight excluding hydrogens is 572 g/mol. The number of amides is 3. The molecule has 8 N–H and O–H groups in total. The standard InChI is InChI=1S/C34H44N6O5/c1-5-20(4)30(33(43)39-29(34(44)45)14-19(2)3)40-32(42)28(16-22-18-37-27-13-9-7-11-24(22)27)38-31(41)25(35)15-21-17-36-26-12-8-6-10-23(21)26/h6-13,17-20,25,28-30,36-37H,5,14-16,35H2,1-4H3,(H,38,41)(H,39,43)(H,40,42)(H,44,45). The van der Waals surface area contributed by atoms with Crippen molar-refractivity contribution >= 4 is 45.5 Å². The molecule has 2 aromatic heterocycles.